The minimum atomic E-state index is -0.583. The molecule has 20 heavy (non-hydrogen) atoms. The zero-order valence-electron chi connectivity index (χ0n) is 10.5. The molecule has 2 heterocycles. The number of hydrogen-bond acceptors (Lipinski definition) is 5. The predicted molar refractivity (Wildman–Crippen MR) is 68.8 cm³/mol. The van der Waals surface area contributed by atoms with Gasteiger partial charge >= 0.3 is 0 Å². The molecule has 2 aliphatic rings. The lowest BCUT2D eigenvalue weighted by molar-refractivity contribution is 0.0132. The van der Waals surface area contributed by atoms with E-state index in [-0.39, 0.29) is 19.3 Å². The van der Waals surface area contributed by atoms with Crippen LogP contribution in [0.3, 0.4) is 0 Å². The summed E-state index contributed by atoms with van der Waals surface area (Å²) >= 11 is 6.06. The van der Waals surface area contributed by atoms with E-state index in [9.17, 15) is 4.79 Å². The van der Waals surface area contributed by atoms with E-state index in [0.29, 0.717) is 35.2 Å². The molecule has 104 valence electrons. The van der Waals surface area contributed by atoms with Crippen LogP contribution in [-0.2, 0) is 4.74 Å². The number of amides is 1. The highest BCUT2D eigenvalue weighted by atomic mass is 35.5. The second-order valence-electron chi connectivity index (χ2n) is 4.41. The summed E-state index contributed by atoms with van der Waals surface area (Å²) in [4.78, 5) is 14.0. The van der Waals surface area contributed by atoms with E-state index in [2.05, 4.69) is 6.07 Å². The Labute approximate surface area is 120 Å². The van der Waals surface area contributed by atoms with Crippen LogP contribution in [-0.4, -0.2) is 43.4 Å². The number of carbonyl (C=O) groups is 1. The topological polar surface area (TPSA) is 71.8 Å². The molecule has 1 saturated heterocycles. The number of halogens is 1. The molecule has 0 N–H and O–H groups in total. The van der Waals surface area contributed by atoms with Crippen molar-refractivity contribution in [1.29, 1.82) is 5.26 Å². The maximum absolute atomic E-state index is 12.5. The van der Waals surface area contributed by atoms with Crippen LogP contribution in [0.1, 0.15) is 10.4 Å². The Hall–Kier alpha value is -1.97. The number of carbonyl (C=O) groups excluding carboxylic acids is 1. The molecule has 1 amide bonds. The molecule has 1 aromatic carbocycles. The second kappa shape index (κ2) is 5.19. The molecule has 0 spiro atoms. The van der Waals surface area contributed by atoms with Gasteiger partial charge in [-0.25, -0.2) is 0 Å². The van der Waals surface area contributed by atoms with Crippen molar-refractivity contribution in [3.05, 3.63) is 22.7 Å². The molecule has 0 radical (unpaired) electrons. The van der Waals surface area contributed by atoms with E-state index >= 15 is 0 Å². The van der Waals surface area contributed by atoms with E-state index in [1.54, 1.807) is 6.07 Å². The van der Waals surface area contributed by atoms with Gasteiger partial charge in [-0.2, -0.15) is 5.26 Å². The number of morpholine rings is 1. The van der Waals surface area contributed by atoms with Gasteiger partial charge in [0.1, 0.15) is 6.04 Å². The first-order chi connectivity index (χ1) is 9.70. The monoisotopic (exact) mass is 294 g/mol. The van der Waals surface area contributed by atoms with Crippen molar-refractivity contribution in [3.8, 4) is 17.6 Å². The minimum absolute atomic E-state index is 0.0884. The van der Waals surface area contributed by atoms with Gasteiger partial charge in [0.05, 0.1) is 24.3 Å². The van der Waals surface area contributed by atoms with Gasteiger partial charge < -0.3 is 19.1 Å². The number of ether oxygens (including phenoxy) is 3. The predicted octanol–water partition coefficient (Wildman–Crippen LogP) is 1.43. The molecule has 0 aromatic heterocycles. The summed E-state index contributed by atoms with van der Waals surface area (Å²) < 4.78 is 15.6. The molecular formula is C13H11ClN2O4. The summed E-state index contributed by atoms with van der Waals surface area (Å²) in [5, 5.41) is 9.40. The molecule has 3 rings (SSSR count). The first kappa shape index (κ1) is 13.0. The van der Waals surface area contributed by atoms with Crippen molar-refractivity contribution in [2.24, 2.45) is 0 Å². The van der Waals surface area contributed by atoms with Crippen molar-refractivity contribution in [1.82, 2.24) is 4.90 Å². The van der Waals surface area contributed by atoms with Crippen molar-refractivity contribution < 1.29 is 19.0 Å². The average molecular weight is 295 g/mol. The Morgan fingerprint density at radius 1 is 1.45 bits per heavy atom. The van der Waals surface area contributed by atoms with E-state index in [0.717, 1.165) is 0 Å². The largest absolute Gasteiger partial charge is 0.454 e. The number of hydrogen-bond donors (Lipinski definition) is 0. The van der Waals surface area contributed by atoms with Gasteiger partial charge in [0, 0.05) is 12.1 Å². The van der Waals surface area contributed by atoms with Crippen LogP contribution in [0, 0.1) is 11.3 Å². The molecule has 0 bridgehead atoms. The third kappa shape index (κ3) is 2.15. The highest BCUT2D eigenvalue weighted by molar-refractivity contribution is 6.32. The molecule has 7 heteroatoms. The third-order valence-electron chi connectivity index (χ3n) is 3.21. The van der Waals surface area contributed by atoms with E-state index in [1.807, 2.05) is 0 Å². The fourth-order valence-electron chi connectivity index (χ4n) is 2.21. The molecule has 0 aliphatic carbocycles. The van der Waals surface area contributed by atoms with Crippen LogP contribution >= 0.6 is 11.6 Å². The summed E-state index contributed by atoms with van der Waals surface area (Å²) in [5.41, 5.74) is 0.376. The molecule has 1 aromatic rings. The van der Waals surface area contributed by atoms with Gasteiger partial charge in [-0.15, -0.1) is 0 Å². The van der Waals surface area contributed by atoms with Crippen LogP contribution < -0.4 is 9.47 Å². The Balaban J connectivity index is 1.91. The van der Waals surface area contributed by atoms with Gasteiger partial charge in [-0.1, -0.05) is 11.6 Å². The van der Waals surface area contributed by atoms with E-state index < -0.39 is 6.04 Å². The van der Waals surface area contributed by atoms with Gasteiger partial charge in [0.2, 0.25) is 6.79 Å². The Kier molecular flexibility index (Phi) is 3.38. The summed E-state index contributed by atoms with van der Waals surface area (Å²) in [6.45, 7) is 1.11. The fraction of sp³-hybridized carbons (Fsp3) is 0.385. The van der Waals surface area contributed by atoms with Gasteiger partial charge in [-0.3, -0.25) is 4.79 Å². The van der Waals surface area contributed by atoms with Gasteiger partial charge in [0.25, 0.3) is 5.91 Å². The van der Waals surface area contributed by atoms with Gasteiger partial charge in [-0.05, 0) is 12.1 Å². The lowest BCUT2D eigenvalue weighted by atomic mass is 10.1. The van der Waals surface area contributed by atoms with Crippen molar-refractivity contribution in [2.45, 2.75) is 6.04 Å². The summed E-state index contributed by atoms with van der Waals surface area (Å²) in [6, 6.07) is 4.59. The molecule has 0 saturated carbocycles. The Morgan fingerprint density at radius 2 is 2.30 bits per heavy atom. The summed E-state index contributed by atoms with van der Waals surface area (Å²) in [6.07, 6.45) is 0. The average Bonchev–Trinajstić information content (AvgIpc) is 2.95. The van der Waals surface area contributed by atoms with Crippen LogP contribution in [0.4, 0.5) is 0 Å². The number of nitriles is 1. The molecular weight excluding hydrogens is 284 g/mol. The number of nitrogens with zero attached hydrogens (tertiary/aromatic N) is 2. The first-order valence-corrected chi connectivity index (χ1v) is 6.46. The van der Waals surface area contributed by atoms with E-state index in [4.69, 9.17) is 31.1 Å². The summed E-state index contributed by atoms with van der Waals surface area (Å²) in [5.74, 6) is 0.629. The van der Waals surface area contributed by atoms with Crippen molar-refractivity contribution >= 4 is 17.5 Å². The summed E-state index contributed by atoms with van der Waals surface area (Å²) in [7, 11) is 0. The highest BCUT2D eigenvalue weighted by Gasteiger charge is 2.29. The number of rotatable bonds is 1. The molecule has 6 nitrogen and oxygen atoms in total. The minimum Gasteiger partial charge on any atom is -0.454 e. The molecule has 0 unspecified atom stereocenters. The van der Waals surface area contributed by atoms with Crippen LogP contribution in [0.25, 0.3) is 0 Å². The van der Waals surface area contributed by atoms with E-state index in [1.165, 1.54) is 11.0 Å². The van der Waals surface area contributed by atoms with Crippen LogP contribution in [0.2, 0.25) is 5.02 Å². The molecule has 1 atom stereocenters. The van der Waals surface area contributed by atoms with Crippen molar-refractivity contribution in [3.63, 3.8) is 0 Å². The SMILES string of the molecule is N#C[C@H]1COCCN1C(=O)c1cc(Cl)c2c(c1)OCO2. The smallest absolute Gasteiger partial charge is 0.255 e. The number of benzene rings is 1. The maximum Gasteiger partial charge on any atom is 0.255 e. The third-order valence-corrected chi connectivity index (χ3v) is 3.49. The standard InChI is InChI=1S/C13H11ClN2O4/c14-10-3-8(4-11-12(10)20-7-19-11)13(17)16-1-2-18-6-9(16)5-15/h3-4,9H,1-2,6-7H2/t9-/m0/s1. The highest BCUT2D eigenvalue weighted by Crippen LogP contribution is 2.40. The first-order valence-electron chi connectivity index (χ1n) is 6.08. The zero-order chi connectivity index (χ0) is 14.1. The van der Waals surface area contributed by atoms with Crippen LogP contribution in [0.15, 0.2) is 12.1 Å². The lowest BCUT2D eigenvalue weighted by Crippen LogP contribution is -2.47. The number of fused-ring (bicyclic) bond motifs is 1. The second-order valence-corrected chi connectivity index (χ2v) is 4.82. The molecule has 2 aliphatic heterocycles. The van der Waals surface area contributed by atoms with Crippen LogP contribution in [0.5, 0.6) is 11.5 Å². The maximum atomic E-state index is 12.5. The quantitative estimate of drug-likeness (QED) is 0.783. The van der Waals surface area contributed by atoms with Crippen molar-refractivity contribution in [2.75, 3.05) is 26.6 Å². The fourth-order valence-corrected chi connectivity index (χ4v) is 2.48. The molecule has 1 fully saturated rings. The van der Waals surface area contributed by atoms with Gasteiger partial charge in [0.15, 0.2) is 11.5 Å². The Morgan fingerprint density at radius 3 is 3.10 bits per heavy atom. The zero-order valence-corrected chi connectivity index (χ0v) is 11.2. The Bertz CT molecular complexity index is 599. The lowest BCUT2D eigenvalue weighted by Gasteiger charge is -2.31. The normalized spacial score (nSPS) is 20.6.